The summed E-state index contributed by atoms with van der Waals surface area (Å²) in [5.74, 6) is 1.80. The zero-order chi connectivity index (χ0) is 15.8. The van der Waals surface area contributed by atoms with Gasteiger partial charge in [-0.15, -0.1) is 0 Å². The van der Waals surface area contributed by atoms with Crippen molar-refractivity contribution in [1.29, 1.82) is 0 Å². The fourth-order valence-electron chi connectivity index (χ4n) is 3.39. The van der Waals surface area contributed by atoms with Crippen molar-refractivity contribution in [2.24, 2.45) is 11.8 Å². The average Bonchev–Trinajstić information content (AvgIpc) is 2.49. The molecule has 0 aromatic heterocycles. The van der Waals surface area contributed by atoms with E-state index in [-0.39, 0.29) is 0 Å². The Bertz CT molecular complexity index is 184. The molecule has 0 rings (SSSR count). The van der Waals surface area contributed by atoms with Crippen molar-refractivity contribution in [3.8, 4) is 0 Å². The maximum absolute atomic E-state index is 2.78. The van der Waals surface area contributed by atoms with E-state index in [9.17, 15) is 0 Å². The molecule has 0 saturated carbocycles. The molecule has 0 bridgehead atoms. The summed E-state index contributed by atoms with van der Waals surface area (Å²) < 4.78 is 0. The second kappa shape index (κ2) is 16.4. The zero-order valence-corrected chi connectivity index (χ0v) is 15.6. The number of unbranched alkanes of at least 4 members (excludes halogenated alkanes) is 6. The summed E-state index contributed by atoms with van der Waals surface area (Å²) in [6, 6.07) is 0. The Morgan fingerprint density at radius 1 is 0.476 bits per heavy atom. The summed E-state index contributed by atoms with van der Waals surface area (Å²) in [5, 5.41) is 0. The van der Waals surface area contributed by atoms with Gasteiger partial charge in [-0.25, -0.2) is 0 Å². The highest BCUT2D eigenvalue weighted by atomic mass is 14.2. The van der Waals surface area contributed by atoms with E-state index in [1.807, 2.05) is 0 Å². The van der Waals surface area contributed by atoms with E-state index in [1.165, 1.54) is 89.9 Å². The van der Waals surface area contributed by atoms with Gasteiger partial charge < -0.3 is 0 Å². The highest BCUT2D eigenvalue weighted by Gasteiger charge is 2.16. The molecule has 0 aromatic rings. The number of hydrogen-bond acceptors (Lipinski definition) is 0. The highest BCUT2D eigenvalue weighted by molar-refractivity contribution is 4.84. The third-order valence-corrected chi connectivity index (χ3v) is 4.74. The second-order valence-corrected chi connectivity index (χ2v) is 6.99. The molecule has 0 aliphatic heterocycles. The summed E-state index contributed by atoms with van der Waals surface area (Å²) >= 11 is 0. The van der Waals surface area contributed by atoms with Gasteiger partial charge in [0.2, 0.25) is 0 Å². The van der Waals surface area contributed by atoms with Gasteiger partial charge in [-0.3, -0.25) is 0 Å². The topological polar surface area (TPSA) is 0 Å². The lowest BCUT2D eigenvalue weighted by molar-refractivity contribution is 0.376. The minimum atomic E-state index is 0.898. The molecule has 0 heterocycles. The average molecular weight is 296 g/mol. The molecule has 0 heteroatoms. The number of hydrogen-bond donors (Lipinski definition) is 0. The summed E-state index contributed by atoms with van der Waals surface area (Å²) in [4.78, 5) is 0. The molecule has 0 fully saturated rings. The fraction of sp³-hybridized carbons (Fsp3) is 0.952. The molecule has 0 aliphatic rings. The van der Waals surface area contributed by atoms with E-state index in [2.05, 4.69) is 34.1 Å². The molecule has 0 saturated heterocycles. The van der Waals surface area contributed by atoms with Crippen LogP contribution in [0.25, 0.3) is 0 Å². The van der Waals surface area contributed by atoms with Crippen LogP contribution < -0.4 is 0 Å². The van der Waals surface area contributed by atoms with Crippen molar-refractivity contribution in [2.75, 3.05) is 0 Å². The molecule has 0 nitrogen and oxygen atoms in total. The van der Waals surface area contributed by atoms with E-state index in [0.29, 0.717) is 0 Å². The van der Waals surface area contributed by atoms with Crippen molar-refractivity contribution in [3.05, 3.63) is 6.42 Å². The van der Waals surface area contributed by atoms with Crippen LogP contribution in [0.1, 0.15) is 118 Å². The minimum absolute atomic E-state index is 0.898. The molecular formula is C21H43. The Balaban J connectivity index is 4.14. The van der Waals surface area contributed by atoms with E-state index in [1.54, 1.807) is 0 Å². The Morgan fingerprint density at radius 2 is 0.952 bits per heavy atom. The van der Waals surface area contributed by atoms with Crippen LogP contribution in [0, 0.1) is 18.3 Å². The van der Waals surface area contributed by atoms with Crippen LogP contribution >= 0.6 is 0 Å². The van der Waals surface area contributed by atoms with Crippen molar-refractivity contribution >= 4 is 0 Å². The zero-order valence-electron chi connectivity index (χ0n) is 15.6. The van der Waals surface area contributed by atoms with Crippen LogP contribution in [0.2, 0.25) is 0 Å². The molecule has 0 spiro atoms. The van der Waals surface area contributed by atoms with Gasteiger partial charge in [0.1, 0.15) is 0 Å². The molecule has 127 valence electrons. The molecule has 0 aromatic carbocycles. The van der Waals surface area contributed by atoms with Gasteiger partial charge in [0.25, 0.3) is 0 Å². The first-order chi connectivity index (χ1) is 10.3. The van der Waals surface area contributed by atoms with Gasteiger partial charge >= 0.3 is 0 Å². The van der Waals surface area contributed by atoms with Crippen LogP contribution in [0.15, 0.2) is 0 Å². The van der Waals surface area contributed by atoms with Gasteiger partial charge in [-0.2, -0.15) is 0 Å². The second-order valence-electron chi connectivity index (χ2n) is 6.99. The molecule has 21 heavy (non-hydrogen) atoms. The first-order valence-electron chi connectivity index (χ1n) is 10.1. The summed E-state index contributed by atoms with van der Waals surface area (Å²) in [7, 11) is 0. The van der Waals surface area contributed by atoms with Crippen molar-refractivity contribution in [2.45, 2.75) is 118 Å². The third-order valence-electron chi connectivity index (χ3n) is 4.74. The standard InChI is InChI=1S/C21H43/c1-5-9-12-14-18-21(16-11-7-3)19-20(15-8-4)17-13-10-6-2/h19-21H,5-18H2,1-4H3. The first-order valence-corrected chi connectivity index (χ1v) is 10.1. The lowest BCUT2D eigenvalue weighted by Crippen LogP contribution is -2.11. The largest absolute Gasteiger partial charge is 0.0654 e. The van der Waals surface area contributed by atoms with Crippen LogP contribution in [0.5, 0.6) is 0 Å². The van der Waals surface area contributed by atoms with E-state index >= 15 is 0 Å². The SMILES string of the molecule is CCCCCCC([CH]C(CCC)CCCCC)CCCC. The monoisotopic (exact) mass is 295 g/mol. The van der Waals surface area contributed by atoms with Crippen LogP contribution in [-0.2, 0) is 0 Å². The van der Waals surface area contributed by atoms with Gasteiger partial charge in [-0.1, -0.05) is 118 Å². The number of rotatable bonds is 16. The lowest BCUT2D eigenvalue weighted by atomic mass is 9.82. The summed E-state index contributed by atoms with van der Waals surface area (Å²) in [6.07, 6.45) is 22.6. The van der Waals surface area contributed by atoms with Crippen LogP contribution in [-0.4, -0.2) is 0 Å². The molecule has 0 aliphatic carbocycles. The van der Waals surface area contributed by atoms with Crippen molar-refractivity contribution in [3.63, 3.8) is 0 Å². The maximum atomic E-state index is 2.78. The minimum Gasteiger partial charge on any atom is -0.0654 e. The highest BCUT2D eigenvalue weighted by Crippen LogP contribution is 2.28. The van der Waals surface area contributed by atoms with Gasteiger partial charge in [0, 0.05) is 0 Å². The first kappa shape index (κ1) is 21.0. The third kappa shape index (κ3) is 13.4. The fourth-order valence-corrected chi connectivity index (χ4v) is 3.39. The van der Waals surface area contributed by atoms with E-state index in [4.69, 9.17) is 0 Å². The van der Waals surface area contributed by atoms with Gasteiger partial charge in [0.15, 0.2) is 0 Å². The molecule has 2 atom stereocenters. The van der Waals surface area contributed by atoms with Crippen LogP contribution in [0.3, 0.4) is 0 Å². The Morgan fingerprint density at radius 3 is 1.52 bits per heavy atom. The van der Waals surface area contributed by atoms with Crippen molar-refractivity contribution < 1.29 is 0 Å². The maximum Gasteiger partial charge on any atom is -0.0324 e. The smallest absolute Gasteiger partial charge is 0.0324 e. The summed E-state index contributed by atoms with van der Waals surface area (Å²) in [6.45, 7) is 9.31. The molecule has 0 amide bonds. The normalized spacial score (nSPS) is 14.3. The Hall–Kier alpha value is 0. The van der Waals surface area contributed by atoms with Gasteiger partial charge in [-0.05, 0) is 18.3 Å². The summed E-state index contributed by atoms with van der Waals surface area (Å²) in [5.41, 5.74) is 0. The van der Waals surface area contributed by atoms with Crippen LogP contribution in [0.4, 0.5) is 0 Å². The molecule has 2 unspecified atom stereocenters. The predicted molar refractivity (Wildman–Crippen MR) is 98.6 cm³/mol. The molecule has 1 radical (unpaired) electrons. The Labute approximate surface area is 136 Å². The lowest BCUT2D eigenvalue weighted by Gasteiger charge is -2.23. The van der Waals surface area contributed by atoms with Gasteiger partial charge in [0.05, 0.1) is 0 Å². The Kier molecular flexibility index (Phi) is 16.4. The molecule has 0 N–H and O–H groups in total. The van der Waals surface area contributed by atoms with Crippen molar-refractivity contribution in [1.82, 2.24) is 0 Å². The van der Waals surface area contributed by atoms with E-state index in [0.717, 1.165) is 11.8 Å². The molecular weight excluding hydrogens is 252 g/mol. The predicted octanol–water partition coefficient (Wildman–Crippen LogP) is 7.96. The van der Waals surface area contributed by atoms with E-state index < -0.39 is 0 Å². The quantitative estimate of drug-likeness (QED) is 0.253.